The van der Waals surface area contributed by atoms with Crippen LogP contribution >= 0.6 is 11.8 Å². The van der Waals surface area contributed by atoms with Crippen molar-refractivity contribution in [1.29, 1.82) is 0 Å². The Bertz CT molecular complexity index is 837. The van der Waals surface area contributed by atoms with Gasteiger partial charge in [0.15, 0.2) is 0 Å². The van der Waals surface area contributed by atoms with Gasteiger partial charge in [-0.05, 0) is 29.7 Å². The first-order valence-corrected chi connectivity index (χ1v) is 9.23. The summed E-state index contributed by atoms with van der Waals surface area (Å²) < 4.78 is 5.71. The summed E-state index contributed by atoms with van der Waals surface area (Å²) in [7, 11) is 0. The van der Waals surface area contributed by atoms with Crippen molar-refractivity contribution in [2.45, 2.75) is 30.9 Å². The Morgan fingerprint density at radius 2 is 1.96 bits per heavy atom. The SMILES string of the molecule is CC(C)[C@H](Sc1nnc(-c2ccccc2)o1)C(=O)NCc1cccnc1. The molecule has 0 spiro atoms. The van der Waals surface area contributed by atoms with Gasteiger partial charge < -0.3 is 9.73 Å². The van der Waals surface area contributed by atoms with Crippen LogP contribution in [0, 0.1) is 5.92 Å². The molecule has 0 saturated heterocycles. The zero-order valence-corrected chi connectivity index (χ0v) is 15.4. The summed E-state index contributed by atoms with van der Waals surface area (Å²) >= 11 is 1.29. The number of carbonyl (C=O) groups excluding carboxylic acids is 1. The highest BCUT2D eigenvalue weighted by atomic mass is 32.2. The second-order valence-electron chi connectivity index (χ2n) is 6.10. The molecule has 6 nitrogen and oxygen atoms in total. The van der Waals surface area contributed by atoms with E-state index in [4.69, 9.17) is 4.42 Å². The third kappa shape index (κ3) is 4.70. The number of benzene rings is 1. The topological polar surface area (TPSA) is 80.9 Å². The van der Waals surface area contributed by atoms with Crippen LogP contribution in [-0.4, -0.2) is 26.3 Å². The molecule has 0 saturated carbocycles. The highest BCUT2D eigenvalue weighted by Gasteiger charge is 2.26. The van der Waals surface area contributed by atoms with E-state index < -0.39 is 0 Å². The van der Waals surface area contributed by atoms with Crippen molar-refractivity contribution < 1.29 is 9.21 Å². The largest absolute Gasteiger partial charge is 0.411 e. The molecule has 0 aliphatic heterocycles. The Kier molecular flexibility index (Phi) is 6.01. The van der Waals surface area contributed by atoms with Gasteiger partial charge in [0.25, 0.3) is 5.22 Å². The molecule has 0 radical (unpaired) electrons. The fourth-order valence-corrected chi connectivity index (χ4v) is 3.24. The van der Waals surface area contributed by atoms with Crippen molar-refractivity contribution >= 4 is 17.7 Å². The number of amides is 1. The first kappa shape index (κ1) is 18.1. The zero-order chi connectivity index (χ0) is 18.4. The number of pyridine rings is 1. The molecule has 3 aromatic rings. The molecular weight excluding hydrogens is 348 g/mol. The molecule has 3 rings (SSSR count). The summed E-state index contributed by atoms with van der Waals surface area (Å²) in [6.07, 6.45) is 3.44. The van der Waals surface area contributed by atoms with E-state index in [9.17, 15) is 4.79 Å². The summed E-state index contributed by atoms with van der Waals surface area (Å²) in [5.74, 6) is 0.501. The molecule has 2 aromatic heterocycles. The molecule has 2 heterocycles. The highest BCUT2D eigenvalue weighted by molar-refractivity contribution is 8.00. The van der Waals surface area contributed by atoms with Crippen LogP contribution in [0.3, 0.4) is 0 Å². The fourth-order valence-electron chi connectivity index (χ4n) is 2.35. The van der Waals surface area contributed by atoms with Gasteiger partial charge in [-0.15, -0.1) is 10.2 Å². The van der Waals surface area contributed by atoms with Crippen LogP contribution in [0.5, 0.6) is 0 Å². The number of nitrogens with one attached hydrogen (secondary N) is 1. The van der Waals surface area contributed by atoms with Crippen LogP contribution in [0.2, 0.25) is 0 Å². The standard InChI is InChI=1S/C19H20N4O2S/c1-13(2)16(17(24)21-12-14-7-6-10-20-11-14)26-19-23-22-18(25-19)15-8-4-3-5-9-15/h3-11,13,16H,12H2,1-2H3,(H,21,24)/t16-/m0/s1. The second kappa shape index (κ2) is 8.62. The van der Waals surface area contributed by atoms with E-state index in [-0.39, 0.29) is 17.1 Å². The Hall–Kier alpha value is -2.67. The first-order chi connectivity index (χ1) is 12.6. The van der Waals surface area contributed by atoms with Gasteiger partial charge in [-0.1, -0.05) is 49.9 Å². The lowest BCUT2D eigenvalue weighted by molar-refractivity contribution is -0.121. The van der Waals surface area contributed by atoms with Crippen molar-refractivity contribution in [2.75, 3.05) is 0 Å². The van der Waals surface area contributed by atoms with Gasteiger partial charge in [-0.25, -0.2) is 0 Å². The van der Waals surface area contributed by atoms with Crippen molar-refractivity contribution in [2.24, 2.45) is 5.92 Å². The Morgan fingerprint density at radius 3 is 2.65 bits per heavy atom. The van der Waals surface area contributed by atoms with E-state index in [1.807, 2.05) is 56.3 Å². The van der Waals surface area contributed by atoms with Crippen molar-refractivity contribution in [3.8, 4) is 11.5 Å². The Labute approximate surface area is 156 Å². The van der Waals surface area contributed by atoms with Crippen molar-refractivity contribution in [3.05, 3.63) is 60.4 Å². The van der Waals surface area contributed by atoms with E-state index >= 15 is 0 Å². The predicted molar refractivity (Wildman–Crippen MR) is 100 cm³/mol. The minimum Gasteiger partial charge on any atom is -0.411 e. The number of hydrogen-bond acceptors (Lipinski definition) is 6. The average molecular weight is 368 g/mol. The maximum Gasteiger partial charge on any atom is 0.277 e. The lowest BCUT2D eigenvalue weighted by Gasteiger charge is -2.17. The van der Waals surface area contributed by atoms with Crippen LogP contribution in [0.1, 0.15) is 19.4 Å². The summed E-state index contributed by atoms with van der Waals surface area (Å²) in [6, 6.07) is 13.3. The molecule has 0 unspecified atom stereocenters. The van der Waals surface area contributed by atoms with Gasteiger partial charge in [-0.3, -0.25) is 9.78 Å². The van der Waals surface area contributed by atoms with E-state index in [1.165, 1.54) is 11.8 Å². The molecule has 1 aromatic carbocycles. The van der Waals surface area contributed by atoms with Crippen LogP contribution in [-0.2, 0) is 11.3 Å². The van der Waals surface area contributed by atoms with Crippen LogP contribution in [0.4, 0.5) is 0 Å². The number of thioether (sulfide) groups is 1. The Balaban J connectivity index is 1.65. The van der Waals surface area contributed by atoms with Crippen LogP contribution < -0.4 is 5.32 Å². The molecule has 0 bridgehead atoms. The van der Waals surface area contributed by atoms with Gasteiger partial charge in [0.1, 0.15) is 0 Å². The van der Waals surface area contributed by atoms with Gasteiger partial charge in [0.05, 0.1) is 5.25 Å². The minimum absolute atomic E-state index is 0.0617. The van der Waals surface area contributed by atoms with Gasteiger partial charge in [0.2, 0.25) is 11.8 Å². The van der Waals surface area contributed by atoms with Gasteiger partial charge >= 0.3 is 0 Å². The smallest absolute Gasteiger partial charge is 0.277 e. The van der Waals surface area contributed by atoms with E-state index in [0.29, 0.717) is 17.7 Å². The second-order valence-corrected chi connectivity index (χ2v) is 7.19. The molecular formula is C19H20N4O2S. The predicted octanol–water partition coefficient (Wildman–Crippen LogP) is 3.56. The van der Waals surface area contributed by atoms with Crippen molar-refractivity contribution in [3.63, 3.8) is 0 Å². The van der Waals surface area contributed by atoms with Gasteiger partial charge in [-0.2, -0.15) is 0 Å². The molecule has 26 heavy (non-hydrogen) atoms. The summed E-state index contributed by atoms with van der Waals surface area (Å²) in [5.41, 5.74) is 1.81. The number of nitrogens with zero attached hydrogens (tertiary/aromatic N) is 3. The number of aromatic nitrogens is 3. The summed E-state index contributed by atoms with van der Waals surface area (Å²) in [5, 5.41) is 11.2. The maximum atomic E-state index is 12.6. The molecule has 0 fully saturated rings. The third-order valence-electron chi connectivity index (χ3n) is 3.71. The zero-order valence-electron chi connectivity index (χ0n) is 14.6. The fraction of sp³-hybridized carbons (Fsp3) is 0.263. The van der Waals surface area contributed by atoms with Gasteiger partial charge in [0, 0.05) is 24.5 Å². The number of hydrogen-bond donors (Lipinski definition) is 1. The molecule has 7 heteroatoms. The van der Waals surface area contributed by atoms with Crippen LogP contribution in [0.15, 0.2) is 64.5 Å². The lowest BCUT2D eigenvalue weighted by atomic mass is 10.1. The maximum absolute atomic E-state index is 12.6. The van der Waals surface area contributed by atoms with E-state index in [0.717, 1.165) is 11.1 Å². The van der Waals surface area contributed by atoms with Crippen molar-refractivity contribution in [1.82, 2.24) is 20.5 Å². The van der Waals surface area contributed by atoms with E-state index in [2.05, 4.69) is 20.5 Å². The van der Waals surface area contributed by atoms with Crippen LogP contribution in [0.25, 0.3) is 11.5 Å². The monoisotopic (exact) mass is 368 g/mol. The average Bonchev–Trinajstić information content (AvgIpc) is 3.14. The summed E-state index contributed by atoms with van der Waals surface area (Å²) in [6.45, 7) is 4.43. The lowest BCUT2D eigenvalue weighted by Crippen LogP contribution is -2.35. The third-order valence-corrected chi connectivity index (χ3v) is 5.09. The number of carbonyl (C=O) groups is 1. The normalized spacial score (nSPS) is 12.1. The summed E-state index contributed by atoms with van der Waals surface area (Å²) in [4.78, 5) is 16.6. The minimum atomic E-state index is -0.323. The molecule has 1 N–H and O–H groups in total. The van der Waals surface area contributed by atoms with E-state index in [1.54, 1.807) is 12.4 Å². The quantitative estimate of drug-likeness (QED) is 0.642. The molecule has 0 aliphatic rings. The molecule has 1 amide bonds. The molecule has 0 aliphatic carbocycles. The first-order valence-electron chi connectivity index (χ1n) is 8.35. The highest BCUT2D eigenvalue weighted by Crippen LogP contribution is 2.29. The Morgan fingerprint density at radius 1 is 1.15 bits per heavy atom. The molecule has 1 atom stereocenters. The molecule has 134 valence electrons. The number of rotatable bonds is 7.